The molecule has 3 rings (SSSR count). The zero-order valence-corrected chi connectivity index (χ0v) is 16.3. The summed E-state index contributed by atoms with van der Waals surface area (Å²) in [6.45, 7) is 4.89. The van der Waals surface area contributed by atoms with E-state index in [0.717, 1.165) is 38.4 Å². The van der Waals surface area contributed by atoms with Crippen LogP contribution in [0.4, 0.5) is 0 Å². The van der Waals surface area contributed by atoms with E-state index in [1.54, 1.807) is 33.1 Å². The molecule has 1 aromatic carbocycles. The minimum absolute atomic E-state index is 0.0849. The van der Waals surface area contributed by atoms with Gasteiger partial charge < -0.3 is 23.8 Å². The van der Waals surface area contributed by atoms with Gasteiger partial charge in [0.05, 0.1) is 40.3 Å². The highest BCUT2D eigenvalue weighted by Crippen LogP contribution is 2.46. The van der Waals surface area contributed by atoms with Crippen LogP contribution in [0, 0.1) is 0 Å². The summed E-state index contributed by atoms with van der Waals surface area (Å²) in [6, 6.07) is 3.73. The van der Waals surface area contributed by atoms with Crippen molar-refractivity contribution in [2.45, 2.75) is 5.37 Å². The van der Waals surface area contributed by atoms with Crippen LogP contribution in [0.1, 0.15) is 10.9 Å². The van der Waals surface area contributed by atoms with Crippen molar-refractivity contribution in [1.29, 1.82) is 0 Å². The fraction of sp³-hybridized carbons (Fsp3) is 0.611. The zero-order valence-electron chi connectivity index (χ0n) is 15.5. The number of carbonyl (C=O) groups excluding carboxylic acids is 1. The Morgan fingerprint density at radius 3 is 2.35 bits per heavy atom. The molecule has 2 aliphatic rings. The number of morpholine rings is 1. The molecule has 0 aromatic heterocycles. The maximum atomic E-state index is 12.5. The third-order valence-corrected chi connectivity index (χ3v) is 5.97. The number of hydrogen-bond acceptors (Lipinski definition) is 7. The van der Waals surface area contributed by atoms with E-state index < -0.39 is 0 Å². The monoisotopic (exact) mass is 382 g/mol. The third-order valence-electron chi connectivity index (χ3n) is 4.73. The lowest BCUT2D eigenvalue weighted by atomic mass is 10.1. The summed E-state index contributed by atoms with van der Waals surface area (Å²) in [5.74, 6) is 2.58. The first kappa shape index (κ1) is 19.1. The van der Waals surface area contributed by atoms with Gasteiger partial charge in [0.15, 0.2) is 11.5 Å². The van der Waals surface area contributed by atoms with Crippen molar-refractivity contribution >= 4 is 17.7 Å². The van der Waals surface area contributed by atoms with Crippen molar-refractivity contribution in [2.24, 2.45) is 0 Å². The highest BCUT2D eigenvalue weighted by molar-refractivity contribution is 8.00. The molecule has 1 aromatic rings. The Balaban J connectivity index is 1.80. The molecule has 0 aliphatic carbocycles. The molecule has 2 fully saturated rings. The van der Waals surface area contributed by atoms with Gasteiger partial charge in [-0.1, -0.05) is 0 Å². The van der Waals surface area contributed by atoms with Crippen LogP contribution in [-0.4, -0.2) is 82.2 Å². The van der Waals surface area contributed by atoms with Crippen LogP contribution < -0.4 is 14.2 Å². The molecule has 2 aliphatic heterocycles. The number of benzene rings is 1. The topological polar surface area (TPSA) is 60.5 Å². The summed E-state index contributed by atoms with van der Waals surface area (Å²) in [5.41, 5.74) is 0.933. The maximum Gasteiger partial charge on any atom is 0.233 e. The fourth-order valence-corrected chi connectivity index (χ4v) is 4.51. The van der Waals surface area contributed by atoms with Crippen LogP contribution in [0.5, 0.6) is 17.2 Å². The van der Waals surface area contributed by atoms with Crippen molar-refractivity contribution in [3.05, 3.63) is 17.7 Å². The van der Waals surface area contributed by atoms with Gasteiger partial charge in [-0.15, -0.1) is 11.8 Å². The minimum Gasteiger partial charge on any atom is -0.496 e. The molecule has 7 nitrogen and oxygen atoms in total. The number of hydrogen-bond donors (Lipinski definition) is 0. The Bertz CT molecular complexity index is 636. The molecular weight excluding hydrogens is 356 g/mol. The van der Waals surface area contributed by atoms with Gasteiger partial charge in [0.1, 0.15) is 11.1 Å². The van der Waals surface area contributed by atoms with Crippen LogP contribution in [-0.2, 0) is 9.53 Å². The Labute approximate surface area is 158 Å². The van der Waals surface area contributed by atoms with Crippen molar-refractivity contribution in [1.82, 2.24) is 9.80 Å². The van der Waals surface area contributed by atoms with Gasteiger partial charge in [-0.3, -0.25) is 9.69 Å². The van der Waals surface area contributed by atoms with Gasteiger partial charge in [-0.25, -0.2) is 0 Å². The van der Waals surface area contributed by atoms with Crippen molar-refractivity contribution in [2.75, 3.05) is 66.5 Å². The SMILES string of the molecule is COc1cc(OC)c(C2SCC(=O)N2CCN2CCOCC2)cc1OC. The third kappa shape index (κ3) is 4.02. The van der Waals surface area contributed by atoms with Gasteiger partial charge in [-0.2, -0.15) is 0 Å². The molecule has 8 heteroatoms. The fourth-order valence-electron chi connectivity index (χ4n) is 3.27. The van der Waals surface area contributed by atoms with Crippen LogP contribution in [0.25, 0.3) is 0 Å². The Hall–Kier alpha value is -1.64. The van der Waals surface area contributed by atoms with Crippen LogP contribution in [0.2, 0.25) is 0 Å². The van der Waals surface area contributed by atoms with Crippen LogP contribution in [0.15, 0.2) is 12.1 Å². The molecular formula is C18H26N2O5S. The lowest BCUT2D eigenvalue weighted by Crippen LogP contribution is -2.42. The van der Waals surface area contributed by atoms with Gasteiger partial charge in [-0.05, 0) is 6.07 Å². The van der Waals surface area contributed by atoms with Gasteiger partial charge in [0.25, 0.3) is 0 Å². The number of ether oxygens (including phenoxy) is 4. The first-order valence-corrected chi connectivity index (χ1v) is 9.74. The molecule has 0 radical (unpaired) electrons. The van der Waals surface area contributed by atoms with E-state index in [-0.39, 0.29) is 11.3 Å². The van der Waals surface area contributed by atoms with E-state index in [0.29, 0.717) is 29.5 Å². The van der Waals surface area contributed by atoms with Gasteiger partial charge >= 0.3 is 0 Å². The number of methoxy groups -OCH3 is 3. The normalized spacial score (nSPS) is 21.1. The number of thioether (sulfide) groups is 1. The highest BCUT2D eigenvalue weighted by atomic mass is 32.2. The Morgan fingerprint density at radius 2 is 1.69 bits per heavy atom. The maximum absolute atomic E-state index is 12.5. The minimum atomic E-state index is -0.0849. The van der Waals surface area contributed by atoms with E-state index in [1.165, 1.54) is 0 Å². The molecule has 1 unspecified atom stereocenters. The zero-order chi connectivity index (χ0) is 18.5. The molecule has 0 spiro atoms. The summed E-state index contributed by atoms with van der Waals surface area (Å²) in [6.07, 6.45) is 0. The number of rotatable bonds is 7. The molecule has 2 saturated heterocycles. The summed E-state index contributed by atoms with van der Waals surface area (Å²) >= 11 is 1.62. The number of carbonyl (C=O) groups is 1. The molecule has 1 atom stereocenters. The first-order chi connectivity index (χ1) is 12.7. The molecule has 144 valence electrons. The van der Waals surface area contributed by atoms with E-state index in [4.69, 9.17) is 18.9 Å². The first-order valence-electron chi connectivity index (χ1n) is 8.69. The van der Waals surface area contributed by atoms with E-state index in [9.17, 15) is 4.79 Å². The molecule has 26 heavy (non-hydrogen) atoms. The second kappa shape index (κ2) is 8.83. The van der Waals surface area contributed by atoms with Gasteiger partial charge in [0.2, 0.25) is 5.91 Å². The number of nitrogens with zero attached hydrogens (tertiary/aromatic N) is 2. The molecule has 0 bridgehead atoms. The predicted molar refractivity (Wildman–Crippen MR) is 100 cm³/mol. The summed E-state index contributed by atoms with van der Waals surface area (Å²) in [5, 5.41) is -0.0849. The summed E-state index contributed by atoms with van der Waals surface area (Å²) < 4.78 is 21.8. The molecule has 2 heterocycles. The van der Waals surface area contributed by atoms with Crippen molar-refractivity contribution < 1.29 is 23.7 Å². The largest absolute Gasteiger partial charge is 0.496 e. The van der Waals surface area contributed by atoms with Crippen molar-refractivity contribution in [3.63, 3.8) is 0 Å². The quantitative estimate of drug-likeness (QED) is 0.710. The van der Waals surface area contributed by atoms with E-state index >= 15 is 0 Å². The predicted octanol–water partition coefficient (Wildman–Crippen LogP) is 1.62. The van der Waals surface area contributed by atoms with Crippen molar-refractivity contribution in [3.8, 4) is 17.2 Å². The average Bonchev–Trinajstić information content (AvgIpc) is 3.06. The second-order valence-electron chi connectivity index (χ2n) is 6.15. The lowest BCUT2D eigenvalue weighted by molar-refractivity contribution is -0.128. The van der Waals surface area contributed by atoms with Crippen LogP contribution >= 0.6 is 11.8 Å². The highest BCUT2D eigenvalue weighted by Gasteiger charge is 2.35. The molecule has 1 amide bonds. The standard InChI is InChI=1S/C18H26N2O5S/c1-22-14-11-16(24-3)15(23-2)10-13(14)18-20(17(21)12-26-18)5-4-19-6-8-25-9-7-19/h10-11,18H,4-9,12H2,1-3H3. The number of amides is 1. The average molecular weight is 382 g/mol. The second-order valence-corrected chi connectivity index (χ2v) is 7.22. The van der Waals surface area contributed by atoms with E-state index in [2.05, 4.69) is 4.90 Å². The van der Waals surface area contributed by atoms with Crippen LogP contribution in [0.3, 0.4) is 0 Å². The van der Waals surface area contributed by atoms with Gasteiger partial charge in [0, 0.05) is 37.8 Å². The Kier molecular flexibility index (Phi) is 6.50. The molecule has 0 saturated carbocycles. The molecule has 0 N–H and O–H groups in total. The summed E-state index contributed by atoms with van der Waals surface area (Å²) in [7, 11) is 4.83. The Morgan fingerprint density at radius 1 is 1.04 bits per heavy atom. The smallest absolute Gasteiger partial charge is 0.233 e. The summed E-state index contributed by atoms with van der Waals surface area (Å²) in [4.78, 5) is 16.7. The lowest BCUT2D eigenvalue weighted by Gasteiger charge is -2.31. The van der Waals surface area contributed by atoms with E-state index in [1.807, 2.05) is 17.0 Å².